The van der Waals surface area contributed by atoms with Gasteiger partial charge in [-0.3, -0.25) is 0 Å². The standard InChI is InChI=1S/C21H19N3O/c1-15(18-13-7-11-16-8-5-6-12-19(16)18)22-14-20-23-21(24-25-20)17-9-3-2-4-10-17/h2-13,15,22H,14H2,1H3/p+1/t15-/m0/s1. The first kappa shape index (κ1) is 15.5. The molecule has 0 radical (unpaired) electrons. The van der Waals surface area contributed by atoms with Gasteiger partial charge in [0.25, 0.3) is 5.89 Å². The van der Waals surface area contributed by atoms with Crippen LogP contribution in [0.1, 0.15) is 24.4 Å². The van der Waals surface area contributed by atoms with Gasteiger partial charge in [-0.25, -0.2) is 0 Å². The molecule has 0 amide bonds. The second-order valence-electron chi connectivity index (χ2n) is 6.17. The van der Waals surface area contributed by atoms with Crippen LogP contribution >= 0.6 is 0 Å². The van der Waals surface area contributed by atoms with Crippen LogP contribution in [-0.2, 0) is 6.54 Å². The fraction of sp³-hybridized carbons (Fsp3) is 0.143. The highest BCUT2D eigenvalue weighted by Crippen LogP contribution is 2.22. The Morgan fingerprint density at radius 2 is 1.68 bits per heavy atom. The Labute approximate surface area is 146 Å². The summed E-state index contributed by atoms with van der Waals surface area (Å²) in [7, 11) is 0. The summed E-state index contributed by atoms with van der Waals surface area (Å²) < 4.78 is 5.40. The van der Waals surface area contributed by atoms with Gasteiger partial charge in [0.1, 0.15) is 6.04 Å². The van der Waals surface area contributed by atoms with Crippen LogP contribution in [0.4, 0.5) is 0 Å². The molecule has 4 aromatic rings. The number of rotatable bonds is 5. The van der Waals surface area contributed by atoms with Crippen molar-refractivity contribution in [1.82, 2.24) is 10.1 Å². The summed E-state index contributed by atoms with van der Waals surface area (Å²) in [5.41, 5.74) is 2.29. The Morgan fingerprint density at radius 3 is 2.56 bits per heavy atom. The minimum Gasteiger partial charge on any atom is -0.333 e. The number of quaternary nitrogens is 1. The van der Waals surface area contributed by atoms with E-state index in [0.29, 0.717) is 24.3 Å². The number of nitrogens with two attached hydrogens (primary N) is 1. The van der Waals surface area contributed by atoms with E-state index in [1.54, 1.807) is 0 Å². The van der Waals surface area contributed by atoms with Crippen molar-refractivity contribution in [3.05, 3.63) is 84.3 Å². The lowest BCUT2D eigenvalue weighted by molar-refractivity contribution is -0.709. The van der Waals surface area contributed by atoms with Gasteiger partial charge in [0.15, 0.2) is 6.54 Å². The monoisotopic (exact) mass is 330 g/mol. The lowest BCUT2D eigenvalue weighted by atomic mass is 10.00. The van der Waals surface area contributed by atoms with Crippen LogP contribution in [0.15, 0.2) is 77.3 Å². The summed E-state index contributed by atoms with van der Waals surface area (Å²) in [4.78, 5) is 4.50. The largest absolute Gasteiger partial charge is 0.333 e. The summed E-state index contributed by atoms with van der Waals surface area (Å²) in [6, 6.07) is 25.1. The van der Waals surface area contributed by atoms with E-state index in [-0.39, 0.29) is 0 Å². The molecule has 0 aliphatic carbocycles. The summed E-state index contributed by atoms with van der Waals surface area (Å²) >= 11 is 0. The van der Waals surface area contributed by atoms with E-state index in [0.717, 1.165) is 5.56 Å². The van der Waals surface area contributed by atoms with Gasteiger partial charge in [-0.2, -0.15) is 4.98 Å². The molecule has 0 saturated heterocycles. The van der Waals surface area contributed by atoms with E-state index < -0.39 is 0 Å². The van der Waals surface area contributed by atoms with Gasteiger partial charge in [-0.05, 0) is 17.7 Å². The zero-order chi connectivity index (χ0) is 17.1. The van der Waals surface area contributed by atoms with Gasteiger partial charge in [0, 0.05) is 11.1 Å². The molecule has 1 atom stereocenters. The van der Waals surface area contributed by atoms with Crippen molar-refractivity contribution < 1.29 is 9.84 Å². The predicted octanol–water partition coefficient (Wildman–Crippen LogP) is 3.71. The Hall–Kier alpha value is -2.98. The second kappa shape index (κ2) is 6.87. The molecule has 2 N–H and O–H groups in total. The summed E-state index contributed by atoms with van der Waals surface area (Å²) in [6.45, 7) is 2.86. The molecular formula is C21H20N3O+. The fourth-order valence-corrected chi connectivity index (χ4v) is 3.09. The molecule has 4 heteroatoms. The minimum atomic E-state index is 0.304. The van der Waals surface area contributed by atoms with Crippen LogP contribution in [0, 0.1) is 0 Å². The first-order valence-electron chi connectivity index (χ1n) is 8.50. The number of hydrogen-bond donors (Lipinski definition) is 1. The highest BCUT2D eigenvalue weighted by molar-refractivity contribution is 5.85. The van der Waals surface area contributed by atoms with Crippen molar-refractivity contribution in [3.63, 3.8) is 0 Å². The molecule has 4 nitrogen and oxygen atoms in total. The van der Waals surface area contributed by atoms with E-state index in [9.17, 15) is 0 Å². The van der Waals surface area contributed by atoms with E-state index in [1.165, 1.54) is 16.3 Å². The zero-order valence-corrected chi connectivity index (χ0v) is 14.1. The summed E-state index contributed by atoms with van der Waals surface area (Å²) in [5, 5.41) is 8.87. The molecule has 25 heavy (non-hydrogen) atoms. The Bertz CT molecular complexity index is 973. The first-order chi connectivity index (χ1) is 12.3. The maximum Gasteiger partial charge on any atom is 0.282 e. The predicted molar refractivity (Wildman–Crippen MR) is 97.7 cm³/mol. The highest BCUT2D eigenvalue weighted by Gasteiger charge is 2.15. The normalized spacial score (nSPS) is 12.4. The molecule has 0 bridgehead atoms. The maximum atomic E-state index is 5.40. The molecule has 1 aromatic heterocycles. The fourth-order valence-electron chi connectivity index (χ4n) is 3.09. The van der Waals surface area contributed by atoms with E-state index >= 15 is 0 Å². The average molecular weight is 330 g/mol. The van der Waals surface area contributed by atoms with Crippen LogP contribution in [0.5, 0.6) is 0 Å². The van der Waals surface area contributed by atoms with E-state index in [2.05, 4.69) is 64.8 Å². The molecule has 4 rings (SSSR count). The van der Waals surface area contributed by atoms with Crippen molar-refractivity contribution in [1.29, 1.82) is 0 Å². The molecule has 0 saturated carbocycles. The smallest absolute Gasteiger partial charge is 0.282 e. The lowest BCUT2D eigenvalue weighted by Gasteiger charge is -2.12. The van der Waals surface area contributed by atoms with E-state index in [1.807, 2.05) is 30.3 Å². The first-order valence-corrected chi connectivity index (χ1v) is 8.50. The molecule has 124 valence electrons. The third kappa shape index (κ3) is 3.30. The van der Waals surface area contributed by atoms with Crippen LogP contribution in [0.25, 0.3) is 22.2 Å². The number of fused-ring (bicyclic) bond motifs is 1. The van der Waals surface area contributed by atoms with Gasteiger partial charge in [-0.1, -0.05) is 78.0 Å². The van der Waals surface area contributed by atoms with Crippen LogP contribution in [0.2, 0.25) is 0 Å². The molecule has 3 aromatic carbocycles. The van der Waals surface area contributed by atoms with Crippen LogP contribution < -0.4 is 5.32 Å². The number of nitrogens with zero attached hydrogens (tertiary/aromatic N) is 2. The van der Waals surface area contributed by atoms with Crippen molar-refractivity contribution in [2.75, 3.05) is 0 Å². The average Bonchev–Trinajstić information content (AvgIpc) is 3.15. The van der Waals surface area contributed by atoms with E-state index in [4.69, 9.17) is 4.52 Å². The van der Waals surface area contributed by atoms with Gasteiger partial charge < -0.3 is 9.84 Å². The minimum absolute atomic E-state index is 0.304. The third-order valence-corrected chi connectivity index (χ3v) is 4.46. The molecule has 0 spiro atoms. The van der Waals surface area contributed by atoms with Crippen LogP contribution in [0.3, 0.4) is 0 Å². The summed E-state index contributed by atoms with van der Waals surface area (Å²) in [5.74, 6) is 1.28. The summed E-state index contributed by atoms with van der Waals surface area (Å²) in [6.07, 6.45) is 0. The number of benzene rings is 3. The van der Waals surface area contributed by atoms with Gasteiger partial charge in [-0.15, -0.1) is 0 Å². The maximum absolute atomic E-state index is 5.40. The lowest BCUT2D eigenvalue weighted by Crippen LogP contribution is -2.83. The van der Waals surface area contributed by atoms with Gasteiger partial charge in [0.2, 0.25) is 5.82 Å². The molecule has 0 unspecified atom stereocenters. The quantitative estimate of drug-likeness (QED) is 0.607. The van der Waals surface area contributed by atoms with Crippen molar-refractivity contribution in [2.45, 2.75) is 19.5 Å². The Morgan fingerprint density at radius 1 is 0.920 bits per heavy atom. The number of hydrogen-bond acceptors (Lipinski definition) is 3. The second-order valence-corrected chi connectivity index (χ2v) is 6.17. The topological polar surface area (TPSA) is 55.5 Å². The molecule has 0 aliphatic rings. The molecule has 1 heterocycles. The SMILES string of the molecule is C[C@H]([NH2+]Cc1nc(-c2ccccc2)no1)c1cccc2ccccc12. The Balaban J connectivity index is 1.49. The van der Waals surface area contributed by atoms with Gasteiger partial charge in [0.05, 0.1) is 0 Å². The zero-order valence-electron chi connectivity index (χ0n) is 14.1. The number of aromatic nitrogens is 2. The van der Waals surface area contributed by atoms with Crippen molar-refractivity contribution in [2.24, 2.45) is 0 Å². The molecule has 0 aliphatic heterocycles. The van der Waals surface area contributed by atoms with Crippen molar-refractivity contribution >= 4 is 10.8 Å². The van der Waals surface area contributed by atoms with Crippen LogP contribution in [-0.4, -0.2) is 10.1 Å². The third-order valence-electron chi connectivity index (χ3n) is 4.46. The van der Waals surface area contributed by atoms with Gasteiger partial charge >= 0.3 is 0 Å². The Kier molecular flexibility index (Phi) is 4.27. The highest BCUT2D eigenvalue weighted by atomic mass is 16.5. The molecule has 0 fully saturated rings. The molecular weight excluding hydrogens is 310 g/mol. The van der Waals surface area contributed by atoms with Crippen molar-refractivity contribution in [3.8, 4) is 11.4 Å².